The number of thioether (sulfide) groups is 1. The lowest BCUT2D eigenvalue weighted by molar-refractivity contribution is -0.147. The molecule has 0 aromatic carbocycles. The summed E-state index contributed by atoms with van der Waals surface area (Å²) in [6.45, 7) is 1.92. The van der Waals surface area contributed by atoms with Gasteiger partial charge in [-0.05, 0) is 38.6 Å². The summed E-state index contributed by atoms with van der Waals surface area (Å²) in [7, 11) is 0. The molecule has 3 atom stereocenters. The Hall–Kier alpha value is -0.460. The Bertz CT molecular complexity index is 472. The van der Waals surface area contributed by atoms with Crippen LogP contribution in [0.3, 0.4) is 0 Å². The maximum absolute atomic E-state index is 13.2. The van der Waals surface area contributed by atoms with E-state index in [0.717, 1.165) is 63.8 Å². The summed E-state index contributed by atoms with van der Waals surface area (Å²) in [6, 6.07) is 0.509. The molecule has 5 nitrogen and oxygen atoms in total. The topological polar surface area (TPSA) is 52.7 Å². The lowest BCUT2D eigenvalue weighted by Gasteiger charge is -2.34. The number of nitrogens with zero attached hydrogens (tertiary/aromatic N) is 2. The van der Waals surface area contributed by atoms with Gasteiger partial charge in [0.15, 0.2) is 0 Å². The number of fused-ring (bicyclic) bond motifs is 2. The Morgan fingerprint density at radius 1 is 0.958 bits per heavy atom. The first kappa shape index (κ1) is 18.3. The van der Waals surface area contributed by atoms with Gasteiger partial charge in [0.25, 0.3) is 0 Å². The summed E-state index contributed by atoms with van der Waals surface area (Å²) in [5.74, 6) is 2.11. The Morgan fingerprint density at radius 3 is 2.50 bits per heavy atom. The second-order valence-corrected chi connectivity index (χ2v) is 8.43. The third-order valence-corrected chi connectivity index (χ3v) is 7.08. The summed E-state index contributed by atoms with van der Waals surface area (Å²) in [6.07, 6.45) is 7.66. The Morgan fingerprint density at radius 2 is 1.71 bits per heavy atom. The van der Waals surface area contributed by atoms with Gasteiger partial charge in [0.2, 0.25) is 11.8 Å². The smallest absolute Gasteiger partial charge is 0.246 e. The Balaban J connectivity index is 0.00000169. The van der Waals surface area contributed by atoms with Gasteiger partial charge in [-0.25, -0.2) is 0 Å². The van der Waals surface area contributed by atoms with Crippen molar-refractivity contribution in [2.45, 2.75) is 63.1 Å². The molecule has 4 rings (SSSR count). The zero-order valence-electron chi connectivity index (χ0n) is 14.1. The van der Waals surface area contributed by atoms with Crippen LogP contribution < -0.4 is 5.32 Å². The molecule has 3 aliphatic heterocycles. The van der Waals surface area contributed by atoms with Gasteiger partial charge in [0, 0.05) is 30.3 Å². The van der Waals surface area contributed by atoms with Crippen molar-refractivity contribution in [3.05, 3.63) is 0 Å². The number of nitrogens with one attached hydrogen (secondary N) is 1. The van der Waals surface area contributed by atoms with Crippen LogP contribution >= 0.6 is 24.2 Å². The third-order valence-electron chi connectivity index (χ3n) is 6.06. The normalized spacial score (nSPS) is 33.4. The number of halogens is 1. The molecular weight excluding hydrogens is 346 g/mol. The molecule has 0 radical (unpaired) electrons. The van der Waals surface area contributed by atoms with Gasteiger partial charge in [-0.3, -0.25) is 9.59 Å². The van der Waals surface area contributed by atoms with Crippen molar-refractivity contribution in [2.75, 3.05) is 24.7 Å². The molecule has 0 aromatic rings. The molecule has 4 aliphatic rings. The third kappa shape index (κ3) is 3.29. The summed E-state index contributed by atoms with van der Waals surface area (Å²) < 4.78 is 0. The van der Waals surface area contributed by atoms with Crippen molar-refractivity contribution in [3.8, 4) is 0 Å². The molecule has 4 fully saturated rings. The molecule has 2 bridgehead atoms. The summed E-state index contributed by atoms with van der Waals surface area (Å²) >= 11 is 1.74. The van der Waals surface area contributed by atoms with Gasteiger partial charge >= 0.3 is 0 Å². The van der Waals surface area contributed by atoms with Crippen molar-refractivity contribution >= 4 is 36.0 Å². The lowest BCUT2D eigenvalue weighted by Crippen LogP contribution is -2.54. The molecule has 3 heterocycles. The minimum absolute atomic E-state index is 0. The molecule has 7 heteroatoms. The highest BCUT2D eigenvalue weighted by Gasteiger charge is 2.45. The monoisotopic (exact) mass is 373 g/mol. The van der Waals surface area contributed by atoms with E-state index in [1.807, 2.05) is 4.90 Å². The fourth-order valence-electron chi connectivity index (χ4n) is 4.79. The number of hydrogen-bond donors (Lipinski definition) is 1. The van der Waals surface area contributed by atoms with Crippen LogP contribution in [-0.4, -0.2) is 64.5 Å². The second kappa shape index (κ2) is 7.83. The number of carbonyl (C=O) groups excluding carboxylic acids is 2. The number of rotatable bonds is 2. The van der Waals surface area contributed by atoms with Crippen LogP contribution in [0.25, 0.3) is 0 Å². The van der Waals surface area contributed by atoms with Crippen LogP contribution in [0.1, 0.15) is 44.9 Å². The molecule has 1 N–H and O–H groups in total. The molecule has 24 heavy (non-hydrogen) atoms. The minimum atomic E-state index is -0.214. The predicted octanol–water partition coefficient (Wildman–Crippen LogP) is 1.85. The average Bonchev–Trinajstić information content (AvgIpc) is 3.25. The molecule has 0 aromatic heterocycles. The zero-order valence-corrected chi connectivity index (χ0v) is 15.7. The van der Waals surface area contributed by atoms with E-state index >= 15 is 0 Å². The molecule has 1 saturated carbocycles. The average molecular weight is 374 g/mol. The van der Waals surface area contributed by atoms with Crippen LogP contribution in [0.4, 0.5) is 0 Å². The van der Waals surface area contributed by atoms with Crippen LogP contribution in [0.15, 0.2) is 0 Å². The maximum atomic E-state index is 13.2. The summed E-state index contributed by atoms with van der Waals surface area (Å²) in [4.78, 5) is 30.1. The zero-order chi connectivity index (χ0) is 15.8. The Kier molecular flexibility index (Phi) is 5.98. The van der Waals surface area contributed by atoms with Crippen molar-refractivity contribution in [3.63, 3.8) is 0 Å². The van der Waals surface area contributed by atoms with Crippen LogP contribution in [0.5, 0.6) is 0 Å². The highest BCUT2D eigenvalue weighted by molar-refractivity contribution is 7.99. The van der Waals surface area contributed by atoms with Crippen molar-refractivity contribution in [2.24, 2.45) is 5.92 Å². The first-order valence-electron chi connectivity index (χ1n) is 9.17. The van der Waals surface area contributed by atoms with E-state index in [-0.39, 0.29) is 36.2 Å². The molecule has 3 unspecified atom stereocenters. The number of carbonyl (C=O) groups is 2. The maximum Gasteiger partial charge on any atom is 0.246 e. The van der Waals surface area contributed by atoms with Crippen LogP contribution in [0, 0.1) is 5.92 Å². The molecule has 1 aliphatic carbocycles. The number of hydrogen-bond acceptors (Lipinski definition) is 4. The van der Waals surface area contributed by atoms with Gasteiger partial charge in [-0.2, -0.15) is 0 Å². The largest absolute Gasteiger partial charge is 0.334 e. The van der Waals surface area contributed by atoms with E-state index in [1.54, 1.807) is 11.8 Å². The molecule has 0 spiro atoms. The molecular formula is C17H28ClN3O2S. The van der Waals surface area contributed by atoms with Crippen molar-refractivity contribution in [1.29, 1.82) is 0 Å². The van der Waals surface area contributed by atoms with Crippen molar-refractivity contribution in [1.82, 2.24) is 15.1 Å². The van der Waals surface area contributed by atoms with Gasteiger partial charge in [0.1, 0.15) is 6.04 Å². The van der Waals surface area contributed by atoms with Gasteiger partial charge < -0.3 is 15.1 Å². The van der Waals surface area contributed by atoms with Gasteiger partial charge in [-0.15, -0.1) is 24.2 Å². The minimum Gasteiger partial charge on any atom is -0.334 e. The highest BCUT2D eigenvalue weighted by atomic mass is 35.5. The molecule has 3 saturated heterocycles. The summed E-state index contributed by atoms with van der Waals surface area (Å²) in [5.41, 5.74) is 0. The predicted molar refractivity (Wildman–Crippen MR) is 98.3 cm³/mol. The van der Waals surface area contributed by atoms with E-state index in [0.29, 0.717) is 18.0 Å². The van der Waals surface area contributed by atoms with Crippen molar-refractivity contribution < 1.29 is 9.59 Å². The summed E-state index contributed by atoms with van der Waals surface area (Å²) in [5, 5.41) is 3.45. The number of amides is 2. The first-order valence-corrected chi connectivity index (χ1v) is 10.3. The quantitative estimate of drug-likeness (QED) is 0.802. The van der Waals surface area contributed by atoms with E-state index in [9.17, 15) is 9.59 Å². The lowest BCUT2D eigenvalue weighted by atomic mass is 10.1. The fraction of sp³-hybridized carbons (Fsp3) is 0.882. The molecule has 136 valence electrons. The fourth-order valence-corrected chi connectivity index (χ4v) is 5.94. The Labute approximate surface area is 154 Å². The first-order chi connectivity index (χ1) is 11.3. The SMILES string of the molecule is Cl.O=C(C1CCCC1)N1CSCC1C(=O)N1C2CCNCC1CC2. The molecule has 2 amide bonds. The van der Waals surface area contributed by atoms with Crippen LogP contribution in [-0.2, 0) is 9.59 Å². The van der Waals surface area contributed by atoms with E-state index in [2.05, 4.69) is 10.2 Å². The van der Waals surface area contributed by atoms with Gasteiger partial charge in [-0.1, -0.05) is 12.8 Å². The van der Waals surface area contributed by atoms with E-state index in [1.165, 1.54) is 0 Å². The van der Waals surface area contributed by atoms with E-state index in [4.69, 9.17) is 0 Å². The van der Waals surface area contributed by atoms with Gasteiger partial charge in [0.05, 0.1) is 5.88 Å². The van der Waals surface area contributed by atoms with E-state index < -0.39 is 0 Å². The van der Waals surface area contributed by atoms with Crippen LogP contribution in [0.2, 0.25) is 0 Å². The second-order valence-electron chi connectivity index (χ2n) is 7.43. The standard InChI is InChI=1S/C17H27N3O2S.ClH/c21-16(12-3-1-2-4-12)19-11-23-10-15(19)17(22)20-13-5-6-14(20)9-18-8-7-13;/h12-15,18H,1-11H2;1H. The highest BCUT2D eigenvalue weighted by Crippen LogP contribution is 2.34.